The maximum atomic E-state index is 8.69. The van der Waals surface area contributed by atoms with Crippen LogP contribution in [0.4, 0.5) is 0 Å². The van der Waals surface area contributed by atoms with Crippen molar-refractivity contribution in [2.45, 2.75) is 33.3 Å². The number of aromatic nitrogens is 2. The largest absolute Gasteiger partial charge is 0.388 e. The van der Waals surface area contributed by atoms with Gasteiger partial charge in [0.1, 0.15) is 6.61 Å². The SMILES string of the molecule is CC(C)C(C)c1nc(CO)no1. The molecule has 1 atom stereocenters. The Hall–Kier alpha value is -0.900. The summed E-state index contributed by atoms with van der Waals surface area (Å²) in [6.07, 6.45) is 0. The van der Waals surface area contributed by atoms with Crippen molar-refractivity contribution in [3.05, 3.63) is 11.7 Å². The van der Waals surface area contributed by atoms with Crippen LogP contribution in [0.5, 0.6) is 0 Å². The molecule has 1 aromatic rings. The molecule has 0 saturated heterocycles. The van der Waals surface area contributed by atoms with Gasteiger partial charge in [-0.3, -0.25) is 0 Å². The summed E-state index contributed by atoms with van der Waals surface area (Å²) in [5.74, 6) is 1.68. The van der Waals surface area contributed by atoms with E-state index in [0.29, 0.717) is 17.6 Å². The minimum absolute atomic E-state index is 0.158. The van der Waals surface area contributed by atoms with Crippen molar-refractivity contribution in [1.29, 1.82) is 0 Å². The summed E-state index contributed by atoms with van der Waals surface area (Å²) in [7, 11) is 0. The maximum Gasteiger partial charge on any atom is 0.229 e. The molecule has 4 heteroatoms. The average Bonchev–Trinajstić information content (AvgIpc) is 2.50. The quantitative estimate of drug-likeness (QED) is 0.743. The van der Waals surface area contributed by atoms with Crippen molar-refractivity contribution in [2.24, 2.45) is 5.92 Å². The number of aliphatic hydroxyl groups excluding tert-OH is 1. The summed E-state index contributed by atoms with van der Waals surface area (Å²) in [5, 5.41) is 12.3. The molecule has 0 spiro atoms. The van der Waals surface area contributed by atoms with Gasteiger partial charge in [-0.05, 0) is 5.92 Å². The van der Waals surface area contributed by atoms with Crippen LogP contribution in [0.25, 0.3) is 0 Å². The number of hydrogen-bond donors (Lipinski definition) is 1. The van der Waals surface area contributed by atoms with Gasteiger partial charge in [0.15, 0.2) is 5.82 Å². The van der Waals surface area contributed by atoms with E-state index < -0.39 is 0 Å². The molecule has 4 nitrogen and oxygen atoms in total. The molecule has 12 heavy (non-hydrogen) atoms. The molecule has 1 rings (SSSR count). The van der Waals surface area contributed by atoms with E-state index in [1.54, 1.807) is 0 Å². The van der Waals surface area contributed by atoms with E-state index in [-0.39, 0.29) is 12.5 Å². The highest BCUT2D eigenvalue weighted by Gasteiger charge is 2.16. The van der Waals surface area contributed by atoms with Crippen LogP contribution in [0.1, 0.15) is 38.4 Å². The zero-order valence-electron chi connectivity index (χ0n) is 7.61. The Morgan fingerprint density at radius 3 is 2.50 bits per heavy atom. The second-order valence-corrected chi connectivity index (χ2v) is 3.24. The molecule has 0 amide bonds. The molecular formula is C8H14N2O2. The van der Waals surface area contributed by atoms with E-state index >= 15 is 0 Å². The van der Waals surface area contributed by atoms with E-state index in [1.807, 2.05) is 6.92 Å². The van der Waals surface area contributed by atoms with Crippen LogP contribution < -0.4 is 0 Å². The monoisotopic (exact) mass is 170 g/mol. The molecule has 0 aliphatic rings. The molecule has 68 valence electrons. The first-order chi connectivity index (χ1) is 5.65. The van der Waals surface area contributed by atoms with Crippen molar-refractivity contribution in [3.63, 3.8) is 0 Å². The first-order valence-corrected chi connectivity index (χ1v) is 4.08. The second kappa shape index (κ2) is 3.67. The predicted octanol–water partition coefficient (Wildman–Crippen LogP) is 1.32. The van der Waals surface area contributed by atoms with E-state index in [4.69, 9.17) is 9.63 Å². The standard InChI is InChI=1S/C8H14N2O2/c1-5(2)6(3)8-9-7(4-11)10-12-8/h5-6,11H,4H2,1-3H3. The number of rotatable bonds is 3. The van der Waals surface area contributed by atoms with Gasteiger partial charge in [-0.1, -0.05) is 25.9 Å². The maximum absolute atomic E-state index is 8.69. The minimum atomic E-state index is -0.158. The van der Waals surface area contributed by atoms with Crippen LogP contribution in [-0.2, 0) is 6.61 Å². The third-order valence-electron chi connectivity index (χ3n) is 2.01. The molecule has 0 aliphatic heterocycles. The minimum Gasteiger partial charge on any atom is -0.388 e. The van der Waals surface area contributed by atoms with E-state index in [1.165, 1.54) is 0 Å². The fourth-order valence-corrected chi connectivity index (χ4v) is 0.802. The molecule has 1 unspecified atom stereocenters. The van der Waals surface area contributed by atoms with Crippen LogP contribution in [0.15, 0.2) is 4.52 Å². The number of hydrogen-bond acceptors (Lipinski definition) is 4. The lowest BCUT2D eigenvalue weighted by Gasteiger charge is -2.08. The first-order valence-electron chi connectivity index (χ1n) is 4.08. The van der Waals surface area contributed by atoms with Gasteiger partial charge in [-0.15, -0.1) is 0 Å². The predicted molar refractivity (Wildman–Crippen MR) is 43.5 cm³/mol. The summed E-state index contributed by atoms with van der Waals surface area (Å²) in [5.41, 5.74) is 0. The van der Waals surface area contributed by atoms with E-state index in [9.17, 15) is 0 Å². The zero-order chi connectivity index (χ0) is 9.14. The Kier molecular flexibility index (Phi) is 2.81. The molecule has 0 radical (unpaired) electrons. The van der Waals surface area contributed by atoms with Gasteiger partial charge >= 0.3 is 0 Å². The van der Waals surface area contributed by atoms with E-state index in [0.717, 1.165) is 0 Å². The molecule has 1 aromatic heterocycles. The first kappa shape index (κ1) is 9.19. The van der Waals surface area contributed by atoms with Crippen molar-refractivity contribution in [2.75, 3.05) is 0 Å². The highest BCUT2D eigenvalue weighted by molar-refractivity contribution is 4.92. The molecule has 1 heterocycles. The topological polar surface area (TPSA) is 59.2 Å². The summed E-state index contributed by atoms with van der Waals surface area (Å²) < 4.78 is 4.96. The van der Waals surface area contributed by atoms with Crippen molar-refractivity contribution in [3.8, 4) is 0 Å². The Labute approximate surface area is 71.6 Å². The van der Waals surface area contributed by atoms with Gasteiger partial charge in [-0.25, -0.2) is 0 Å². The molecule has 0 aromatic carbocycles. The van der Waals surface area contributed by atoms with Gasteiger partial charge in [0.25, 0.3) is 0 Å². The van der Waals surface area contributed by atoms with Crippen LogP contribution in [-0.4, -0.2) is 15.2 Å². The molecule has 1 N–H and O–H groups in total. The number of nitrogens with zero attached hydrogens (tertiary/aromatic N) is 2. The van der Waals surface area contributed by atoms with Crippen LogP contribution >= 0.6 is 0 Å². The average molecular weight is 170 g/mol. The van der Waals surface area contributed by atoms with E-state index in [2.05, 4.69) is 24.0 Å². The van der Waals surface area contributed by atoms with Crippen LogP contribution in [0.2, 0.25) is 0 Å². The third kappa shape index (κ3) is 1.82. The van der Waals surface area contributed by atoms with Crippen molar-refractivity contribution >= 4 is 0 Å². The smallest absolute Gasteiger partial charge is 0.229 e. The van der Waals surface area contributed by atoms with Crippen LogP contribution in [0.3, 0.4) is 0 Å². The molecule has 0 bridgehead atoms. The van der Waals surface area contributed by atoms with Crippen LogP contribution in [0, 0.1) is 5.92 Å². The van der Waals surface area contributed by atoms with Gasteiger partial charge in [-0.2, -0.15) is 4.98 Å². The molecule has 0 saturated carbocycles. The molecule has 0 fully saturated rings. The molecule has 0 aliphatic carbocycles. The third-order valence-corrected chi connectivity index (χ3v) is 2.01. The Morgan fingerprint density at radius 2 is 2.08 bits per heavy atom. The highest BCUT2D eigenvalue weighted by atomic mass is 16.5. The van der Waals surface area contributed by atoms with Crippen molar-refractivity contribution < 1.29 is 9.63 Å². The lowest BCUT2D eigenvalue weighted by molar-refractivity contribution is 0.261. The lowest BCUT2D eigenvalue weighted by Crippen LogP contribution is -2.02. The molecular weight excluding hydrogens is 156 g/mol. The van der Waals surface area contributed by atoms with Gasteiger partial charge in [0.05, 0.1) is 0 Å². The zero-order valence-corrected chi connectivity index (χ0v) is 7.61. The normalized spacial score (nSPS) is 13.8. The summed E-state index contributed by atoms with van der Waals surface area (Å²) in [4.78, 5) is 4.02. The van der Waals surface area contributed by atoms with Crippen molar-refractivity contribution in [1.82, 2.24) is 10.1 Å². The highest BCUT2D eigenvalue weighted by Crippen LogP contribution is 2.21. The Morgan fingerprint density at radius 1 is 1.42 bits per heavy atom. The van der Waals surface area contributed by atoms with Gasteiger partial charge in [0, 0.05) is 5.92 Å². The lowest BCUT2D eigenvalue weighted by atomic mass is 9.98. The summed E-state index contributed by atoms with van der Waals surface area (Å²) in [6.45, 7) is 6.05. The van der Waals surface area contributed by atoms with Gasteiger partial charge < -0.3 is 9.63 Å². The number of aliphatic hydroxyl groups is 1. The second-order valence-electron chi connectivity index (χ2n) is 3.24. The summed E-state index contributed by atoms with van der Waals surface area (Å²) in [6, 6.07) is 0. The van der Waals surface area contributed by atoms with Gasteiger partial charge in [0.2, 0.25) is 5.89 Å². The summed E-state index contributed by atoms with van der Waals surface area (Å²) >= 11 is 0. The fourth-order valence-electron chi connectivity index (χ4n) is 0.802. The Balaban J connectivity index is 2.74. The fraction of sp³-hybridized carbons (Fsp3) is 0.750. The Bertz CT molecular complexity index is 245.